The first kappa shape index (κ1) is 9.97. The summed E-state index contributed by atoms with van der Waals surface area (Å²) in [5, 5.41) is 10.4. The zero-order valence-corrected chi connectivity index (χ0v) is 8.31. The maximum Gasteiger partial charge on any atom is 1.00 e. The van der Waals surface area contributed by atoms with Crippen molar-refractivity contribution in [1.29, 1.82) is 0 Å². The number of anilines is 1. The molecule has 5 heteroatoms. The Morgan fingerprint density at radius 1 is 1.80 bits per heavy atom. The summed E-state index contributed by atoms with van der Waals surface area (Å²) in [7, 11) is 0. The van der Waals surface area contributed by atoms with Gasteiger partial charge >= 0.3 is 35.5 Å². The zero-order chi connectivity index (χ0) is 6.85. The van der Waals surface area contributed by atoms with E-state index in [9.17, 15) is 4.79 Å². The first-order chi connectivity index (χ1) is 4.22. The molecule has 3 N–H and O–H groups in total. The summed E-state index contributed by atoms with van der Waals surface area (Å²) in [5.41, 5.74) is 5.47. The van der Waals surface area contributed by atoms with Crippen LogP contribution in [-0.4, -0.2) is 11.1 Å². The Labute approximate surface area is 85.6 Å². The molecule has 0 saturated heterocycles. The zero-order valence-electron chi connectivity index (χ0n) is 6.50. The molecule has 0 aliphatic rings. The molecule has 0 amide bonds. The molecule has 3 nitrogen and oxygen atoms in total. The quantitative estimate of drug-likeness (QED) is 0.482. The first-order valence-corrected chi connectivity index (χ1v) is 3.16. The van der Waals surface area contributed by atoms with Crippen LogP contribution < -0.4 is 35.3 Å². The van der Waals surface area contributed by atoms with Gasteiger partial charge in [0, 0.05) is 0 Å². The van der Waals surface area contributed by atoms with Gasteiger partial charge in [0.05, 0.1) is 5.56 Å². The summed E-state index contributed by atoms with van der Waals surface area (Å²) in [6.07, 6.45) is 0. The van der Waals surface area contributed by atoms with E-state index in [0.717, 1.165) is 0 Å². The van der Waals surface area contributed by atoms with Crippen LogP contribution in [0.5, 0.6) is 0 Å². The SMILES string of the molecule is Nc1sccc1C(=O)O.[H-].[Na+]. The van der Waals surface area contributed by atoms with Crippen molar-refractivity contribution in [3.05, 3.63) is 17.0 Å². The molecule has 0 fully saturated rings. The molecule has 1 rings (SSSR count). The minimum Gasteiger partial charge on any atom is -1.00 e. The first-order valence-electron chi connectivity index (χ1n) is 2.28. The summed E-state index contributed by atoms with van der Waals surface area (Å²) in [4.78, 5) is 10.2. The molecule has 0 spiro atoms. The fourth-order valence-electron chi connectivity index (χ4n) is 0.498. The summed E-state index contributed by atoms with van der Waals surface area (Å²) >= 11 is 1.23. The largest absolute Gasteiger partial charge is 1.00 e. The topological polar surface area (TPSA) is 63.3 Å². The van der Waals surface area contributed by atoms with Crippen LogP contribution in [0.15, 0.2) is 11.4 Å². The Morgan fingerprint density at radius 2 is 2.40 bits per heavy atom. The van der Waals surface area contributed by atoms with Gasteiger partial charge in [-0.15, -0.1) is 11.3 Å². The van der Waals surface area contributed by atoms with E-state index in [1.807, 2.05) is 0 Å². The Hall–Kier alpha value is -0.0300. The van der Waals surface area contributed by atoms with Crippen molar-refractivity contribution >= 4 is 22.3 Å². The van der Waals surface area contributed by atoms with Crippen LogP contribution >= 0.6 is 11.3 Å². The Balaban J connectivity index is 0. The number of nitrogen functional groups attached to an aromatic ring is 1. The van der Waals surface area contributed by atoms with E-state index in [0.29, 0.717) is 5.00 Å². The van der Waals surface area contributed by atoms with Crippen LogP contribution in [0.1, 0.15) is 11.8 Å². The minimum atomic E-state index is -0.964. The van der Waals surface area contributed by atoms with E-state index < -0.39 is 5.97 Å². The van der Waals surface area contributed by atoms with Crippen molar-refractivity contribution in [2.75, 3.05) is 5.73 Å². The number of carboxylic acid groups (broad SMARTS) is 1. The number of hydrogen-bond acceptors (Lipinski definition) is 3. The Morgan fingerprint density at radius 3 is 2.60 bits per heavy atom. The molecular weight excluding hydrogens is 161 g/mol. The Kier molecular flexibility index (Phi) is 3.96. The Bertz CT molecular complexity index is 240. The molecule has 50 valence electrons. The fourth-order valence-corrected chi connectivity index (χ4v) is 1.13. The number of rotatable bonds is 1. The van der Waals surface area contributed by atoms with E-state index in [4.69, 9.17) is 10.8 Å². The third-order valence-electron chi connectivity index (χ3n) is 0.926. The van der Waals surface area contributed by atoms with Crippen LogP contribution in [0, 0.1) is 0 Å². The van der Waals surface area contributed by atoms with Crippen LogP contribution in [0.3, 0.4) is 0 Å². The molecule has 0 unspecified atom stereocenters. The van der Waals surface area contributed by atoms with Gasteiger partial charge in [0.25, 0.3) is 0 Å². The van der Waals surface area contributed by atoms with Gasteiger partial charge in [0.2, 0.25) is 0 Å². The second-order valence-electron chi connectivity index (χ2n) is 1.50. The standard InChI is InChI=1S/C5H5NO2S.Na.H/c6-4-3(5(7)8)1-2-9-4;;/h1-2H,6H2,(H,7,8);;/q;+1;-1. The molecule has 0 aromatic carbocycles. The van der Waals surface area contributed by atoms with Gasteiger partial charge in [-0.2, -0.15) is 0 Å². The number of nitrogens with two attached hydrogens (primary N) is 1. The summed E-state index contributed by atoms with van der Waals surface area (Å²) in [6.45, 7) is 0. The molecule has 0 atom stereocenters. The maximum absolute atomic E-state index is 10.2. The van der Waals surface area contributed by atoms with Crippen molar-refractivity contribution in [2.24, 2.45) is 0 Å². The maximum atomic E-state index is 10.2. The molecular formula is C5H6NNaO2S. The molecule has 1 heterocycles. The van der Waals surface area contributed by atoms with Crippen LogP contribution in [0.2, 0.25) is 0 Å². The molecule has 0 aliphatic carbocycles. The van der Waals surface area contributed by atoms with E-state index in [1.54, 1.807) is 5.38 Å². The van der Waals surface area contributed by atoms with Crippen molar-refractivity contribution < 1.29 is 40.9 Å². The summed E-state index contributed by atoms with van der Waals surface area (Å²) in [6, 6.07) is 1.49. The second kappa shape index (κ2) is 3.98. The van der Waals surface area contributed by atoms with Gasteiger partial charge in [-0.3, -0.25) is 0 Å². The van der Waals surface area contributed by atoms with Gasteiger partial charge in [-0.05, 0) is 11.4 Å². The third-order valence-corrected chi connectivity index (χ3v) is 1.67. The molecule has 1 aromatic heterocycles. The summed E-state index contributed by atoms with van der Waals surface area (Å²) in [5.74, 6) is -0.964. The molecule has 0 saturated carbocycles. The number of carboxylic acids is 1. The smallest absolute Gasteiger partial charge is 1.00 e. The van der Waals surface area contributed by atoms with E-state index in [-0.39, 0.29) is 36.5 Å². The van der Waals surface area contributed by atoms with Gasteiger partial charge in [0.1, 0.15) is 5.00 Å². The number of hydrogen-bond donors (Lipinski definition) is 2. The van der Waals surface area contributed by atoms with Crippen molar-refractivity contribution in [3.8, 4) is 0 Å². The third kappa shape index (κ3) is 1.98. The average molecular weight is 167 g/mol. The van der Waals surface area contributed by atoms with E-state index in [1.165, 1.54) is 17.4 Å². The van der Waals surface area contributed by atoms with Crippen LogP contribution in [-0.2, 0) is 0 Å². The van der Waals surface area contributed by atoms with E-state index in [2.05, 4.69) is 0 Å². The molecule has 0 radical (unpaired) electrons. The molecule has 0 bridgehead atoms. The van der Waals surface area contributed by atoms with E-state index >= 15 is 0 Å². The average Bonchev–Trinajstić information content (AvgIpc) is 2.13. The predicted octanol–water partition coefficient (Wildman–Crippen LogP) is -1.85. The molecule has 10 heavy (non-hydrogen) atoms. The van der Waals surface area contributed by atoms with Crippen molar-refractivity contribution in [1.82, 2.24) is 0 Å². The second-order valence-corrected chi connectivity index (χ2v) is 2.45. The van der Waals surface area contributed by atoms with Gasteiger partial charge in [-0.25, -0.2) is 4.79 Å². The van der Waals surface area contributed by atoms with Gasteiger partial charge < -0.3 is 12.3 Å². The van der Waals surface area contributed by atoms with Crippen LogP contribution in [0.25, 0.3) is 0 Å². The number of aromatic carboxylic acids is 1. The normalized spacial score (nSPS) is 8.40. The van der Waals surface area contributed by atoms with Crippen molar-refractivity contribution in [2.45, 2.75) is 0 Å². The fraction of sp³-hybridized carbons (Fsp3) is 0. The van der Waals surface area contributed by atoms with Gasteiger partial charge in [0.15, 0.2) is 0 Å². The minimum absolute atomic E-state index is 0. The number of thiophene rings is 1. The predicted molar refractivity (Wildman–Crippen MR) is 36.8 cm³/mol. The van der Waals surface area contributed by atoms with Crippen LogP contribution in [0.4, 0.5) is 5.00 Å². The molecule has 0 aliphatic heterocycles. The number of carbonyl (C=O) groups is 1. The van der Waals surface area contributed by atoms with Gasteiger partial charge in [-0.1, -0.05) is 0 Å². The monoisotopic (exact) mass is 167 g/mol. The molecule has 1 aromatic rings. The van der Waals surface area contributed by atoms with Crippen molar-refractivity contribution in [3.63, 3.8) is 0 Å². The summed E-state index contributed by atoms with van der Waals surface area (Å²) < 4.78 is 0.